The maximum absolute atomic E-state index is 13.0. The predicted octanol–water partition coefficient (Wildman–Crippen LogP) is 3.79. The molecule has 26 heavy (non-hydrogen) atoms. The molecule has 0 saturated heterocycles. The molecular formula is C20H21F3N2O. The molecule has 0 atom stereocenters. The minimum atomic E-state index is -4.32. The summed E-state index contributed by atoms with van der Waals surface area (Å²) in [7, 11) is 0. The molecule has 6 heteroatoms. The van der Waals surface area contributed by atoms with E-state index in [0.29, 0.717) is 25.3 Å². The maximum atomic E-state index is 13.0. The van der Waals surface area contributed by atoms with E-state index in [9.17, 15) is 13.2 Å². The van der Waals surface area contributed by atoms with Crippen LogP contribution in [0.1, 0.15) is 22.3 Å². The number of alkyl halides is 3. The normalized spacial score (nSPS) is 17.1. The number of nitrogens with one attached hydrogen (secondary N) is 1. The molecule has 3 nitrogen and oxygen atoms in total. The molecule has 1 N–H and O–H groups in total. The van der Waals surface area contributed by atoms with Crippen LogP contribution in [0.3, 0.4) is 0 Å². The first kappa shape index (κ1) is 17.2. The van der Waals surface area contributed by atoms with Gasteiger partial charge in [-0.15, -0.1) is 0 Å². The van der Waals surface area contributed by atoms with Gasteiger partial charge in [-0.1, -0.05) is 12.1 Å². The first-order chi connectivity index (χ1) is 12.5. The highest BCUT2D eigenvalue weighted by atomic mass is 19.4. The average molecular weight is 362 g/mol. The number of benzene rings is 2. The highest BCUT2D eigenvalue weighted by Gasteiger charge is 2.30. The largest absolute Gasteiger partial charge is 0.490 e. The van der Waals surface area contributed by atoms with E-state index in [2.05, 4.69) is 22.3 Å². The molecule has 4 rings (SSSR count). The molecular weight excluding hydrogens is 341 g/mol. The van der Waals surface area contributed by atoms with Crippen LogP contribution in [0.2, 0.25) is 0 Å². The molecule has 0 aliphatic carbocycles. The SMILES string of the molecule is FC(F)(F)c1cccc(CN2CCOc3cc4c(cc32)CCNCC4)c1. The fraction of sp³-hybridized carbons (Fsp3) is 0.400. The summed E-state index contributed by atoms with van der Waals surface area (Å²) in [6, 6.07) is 9.84. The summed E-state index contributed by atoms with van der Waals surface area (Å²) in [5.41, 5.74) is 3.64. The second-order valence-electron chi connectivity index (χ2n) is 6.81. The van der Waals surface area contributed by atoms with Crippen LogP contribution in [0.25, 0.3) is 0 Å². The third-order valence-electron chi connectivity index (χ3n) is 5.01. The van der Waals surface area contributed by atoms with Crippen LogP contribution in [-0.2, 0) is 25.6 Å². The van der Waals surface area contributed by atoms with Crippen molar-refractivity contribution in [2.45, 2.75) is 25.6 Å². The molecule has 0 bridgehead atoms. The fourth-order valence-corrected chi connectivity index (χ4v) is 3.67. The first-order valence-electron chi connectivity index (χ1n) is 8.91. The smallest absolute Gasteiger partial charge is 0.416 e. The van der Waals surface area contributed by atoms with Crippen molar-refractivity contribution in [1.29, 1.82) is 0 Å². The molecule has 2 aromatic carbocycles. The number of nitrogens with zero attached hydrogens (tertiary/aromatic N) is 1. The summed E-state index contributed by atoms with van der Waals surface area (Å²) in [5, 5.41) is 3.40. The van der Waals surface area contributed by atoms with Gasteiger partial charge in [0.25, 0.3) is 0 Å². The van der Waals surface area contributed by atoms with Crippen molar-refractivity contribution in [2.75, 3.05) is 31.1 Å². The lowest BCUT2D eigenvalue weighted by Crippen LogP contribution is -2.32. The van der Waals surface area contributed by atoms with Gasteiger partial charge in [-0.05, 0) is 66.9 Å². The number of ether oxygens (including phenoxy) is 1. The molecule has 2 aliphatic rings. The number of fused-ring (bicyclic) bond motifs is 2. The Morgan fingerprint density at radius 3 is 2.58 bits per heavy atom. The second-order valence-corrected chi connectivity index (χ2v) is 6.81. The zero-order valence-corrected chi connectivity index (χ0v) is 14.4. The zero-order chi connectivity index (χ0) is 18.1. The summed E-state index contributed by atoms with van der Waals surface area (Å²) in [5.74, 6) is 0.837. The number of hydrogen-bond donors (Lipinski definition) is 1. The Bertz CT molecular complexity index is 804. The Kier molecular flexibility index (Phi) is 4.53. The van der Waals surface area contributed by atoms with Crippen molar-refractivity contribution in [2.24, 2.45) is 0 Å². The third kappa shape index (κ3) is 3.51. The van der Waals surface area contributed by atoms with Gasteiger partial charge in [0.05, 0.1) is 17.8 Å². The number of anilines is 1. The lowest BCUT2D eigenvalue weighted by atomic mass is 10.00. The summed E-state index contributed by atoms with van der Waals surface area (Å²) in [6.07, 6.45) is -2.39. The van der Waals surface area contributed by atoms with Crippen LogP contribution < -0.4 is 15.0 Å². The Labute approximate surface area is 150 Å². The predicted molar refractivity (Wildman–Crippen MR) is 94.7 cm³/mol. The summed E-state index contributed by atoms with van der Waals surface area (Å²) in [4.78, 5) is 2.12. The molecule has 0 amide bonds. The van der Waals surface area contributed by atoms with Gasteiger partial charge in [-0.2, -0.15) is 13.2 Å². The van der Waals surface area contributed by atoms with Crippen molar-refractivity contribution in [3.8, 4) is 5.75 Å². The summed E-state index contributed by atoms with van der Waals surface area (Å²) < 4.78 is 44.8. The molecule has 0 fully saturated rings. The molecule has 2 aliphatic heterocycles. The van der Waals surface area contributed by atoms with E-state index < -0.39 is 11.7 Å². The molecule has 0 aromatic heterocycles. The van der Waals surface area contributed by atoms with Gasteiger partial charge in [0.1, 0.15) is 12.4 Å². The number of hydrogen-bond acceptors (Lipinski definition) is 3. The standard InChI is InChI=1S/C20H21F3N2O/c21-20(22,23)17-3-1-2-14(10-17)13-25-8-9-26-19-12-16-5-7-24-6-4-15(16)11-18(19)25/h1-3,10-12,24H,4-9,13H2. The molecule has 0 radical (unpaired) electrons. The van der Waals surface area contributed by atoms with Crippen LogP contribution in [0.15, 0.2) is 36.4 Å². The van der Waals surface area contributed by atoms with Gasteiger partial charge in [0.15, 0.2) is 0 Å². The van der Waals surface area contributed by atoms with Crippen molar-refractivity contribution in [3.05, 3.63) is 58.7 Å². The van der Waals surface area contributed by atoms with E-state index in [1.54, 1.807) is 6.07 Å². The van der Waals surface area contributed by atoms with Crippen LogP contribution in [-0.4, -0.2) is 26.2 Å². The lowest BCUT2D eigenvalue weighted by Gasteiger charge is -2.32. The molecule has 2 aromatic rings. The minimum Gasteiger partial charge on any atom is -0.490 e. The third-order valence-corrected chi connectivity index (χ3v) is 5.01. The van der Waals surface area contributed by atoms with E-state index in [0.717, 1.165) is 43.4 Å². The van der Waals surface area contributed by atoms with Crippen molar-refractivity contribution < 1.29 is 17.9 Å². The molecule has 0 unspecified atom stereocenters. The molecule has 0 spiro atoms. The Balaban J connectivity index is 1.63. The van der Waals surface area contributed by atoms with Crippen LogP contribution in [0.4, 0.5) is 18.9 Å². The van der Waals surface area contributed by atoms with Crippen molar-refractivity contribution >= 4 is 5.69 Å². The number of halogens is 3. The Hall–Kier alpha value is -2.21. The maximum Gasteiger partial charge on any atom is 0.416 e. The average Bonchev–Trinajstić information content (AvgIpc) is 2.85. The van der Waals surface area contributed by atoms with Crippen LogP contribution >= 0.6 is 0 Å². The Morgan fingerprint density at radius 1 is 1.04 bits per heavy atom. The first-order valence-corrected chi connectivity index (χ1v) is 8.91. The monoisotopic (exact) mass is 362 g/mol. The van der Waals surface area contributed by atoms with E-state index in [4.69, 9.17) is 4.74 Å². The minimum absolute atomic E-state index is 0.442. The van der Waals surface area contributed by atoms with Crippen molar-refractivity contribution in [1.82, 2.24) is 5.32 Å². The van der Waals surface area contributed by atoms with Gasteiger partial charge >= 0.3 is 6.18 Å². The fourth-order valence-electron chi connectivity index (χ4n) is 3.67. The van der Waals surface area contributed by atoms with Gasteiger partial charge in [0, 0.05) is 6.54 Å². The van der Waals surface area contributed by atoms with Gasteiger partial charge in [-0.3, -0.25) is 0 Å². The van der Waals surface area contributed by atoms with E-state index in [1.165, 1.54) is 23.3 Å². The molecule has 0 saturated carbocycles. The summed E-state index contributed by atoms with van der Waals surface area (Å²) in [6.45, 7) is 3.56. The second kappa shape index (κ2) is 6.83. The van der Waals surface area contributed by atoms with Gasteiger partial charge < -0.3 is 15.0 Å². The van der Waals surface area contributed by atoms with Crippen molar-refractivity contribution in [3.63, 3.8) is 0 Å². The molecule has 138 valence electrons. The van der Waals surface area contributed by atoms with Gasteiger partial charge in [-0.25, -0.2) is 0 Å². The zero-order valence-electron chi connectivity index (χ0n) is 14.4. The van der Waals surface area contributed by atoms with E-state index in [-0.39, 0.29) is 0 Å². The quantitative estimate of drug-likeness (QED) is 0.880. The van der Waals surface area contributed by atoms with E-state index >= 15 is 0 Å². The lowest BCUT2D eigenvalue weighted by molar-refractivity contribution is -0.137. The summed E-state index contributed by atoms with van der Waals surface area (Å²) >= 11 is 0. The van der Waals surface area contributed by atoms with Crippen LogP contribution in [0, 0.1) is 0 Å². The Morgan fingerprint density at radius 2 is 1.81 bits per heavy atom. The van der Waals surface area contributed by atoms with E-state index in [1.807, 2.05) is 0 Å². The van der Waals surface area contributed by atoms with Gasteiger partial charge in [0.2, 0.25) is 0 Å². The topological polar surface area (TPSA) is 24.5 Å². The molecule has 2 heterocycles. The highest BCUT2D eigenvalue weighted by molar-refractivity contribution is 5.63. The highest BCUT2D eigenvalue weighted by Crippen LogP contribution is 2.37. The van der Waals surface area contributed by atoms with Crippen LogP contribution in [0.5, 0.6) is 5.75 Å². The number of rotatable bonds is 2.